The van der Waals surface area contributed by atoms with Gasteiger partial charge in [-0.1, -0.05) is 24.6 Å². The summed E-state index contributed by atoms with van der Waals surface area (Å²) in [5.74, 6) is -2.70. The SMILES string of the molecule is CCC1C(=O)NC(=O)CN1C(=O)c1c(F)cccc1Cl. The van der Waals surface area contributed by atoms with Crippen LogP contribution in [0.4, 0.5) is 4.39 Å². The third kappa shape index (κ3) is 2.51. The first-order valence-electron chi connectivity index (χ1n) is 6.04. The van der Waals surface area contributed by atoms with Crippen molar-refractivity contribution in [1.29, 1.82) is 0 Å². The average Bonchev–Trinajstić information content (AvgIpc) is 2.37. The van der Waals surface area contributed by atoms with Crippen LogP contribution < -0.4 is 5.32 Å². The van der Waals surface area contributed by atoms with E-state index in [-0.39, 0.29) is 17.1 Å². The average molecular weight is 299 g/mol. The molecule has 1 aliphatic heterocycles. The van der Waals surface area contributed by atoms with Gasteiger partial charge in [0.25, 0.3) is 5.91 Å². The minimum atomic E-state index is -0.809. The topological polar surface area (TPSA) is 66.5 Å². The predicted molar refractivity (Wildman–Crippen MR) is 69.7 cm³/mol. The van der Waals surface area contributed by atoms with E-state index >= 15 is 0 Å². The quantitative estimate of drug-likeness (QED) is 0.838. The van der Waals surface area contributed by atoms with Gasteiger partial charge in [-0.15, -0.1) is 0 Å². The molecule has 5 nitrogen and oxygen atoms in total. The molecule has 1 N–H and O–H groups in total. The molecule has 0 saturated carbocycles. The highest BCUT2D eigenvalue weighted by Gasteiger charge is 2.37. The summed E-state index contributed by atoms with van der Waals surface area (Å²) in [6.07, 6.45) is 0.316. The zero-order valence-electron chi connectivity index (χ0n) is 10.7. The number of imide groups is 1. The summed E-state index contributed by atoms with van der Waals surface area (Å²) >= 11 is 5.83. The lowest BCUT2D eigenvalue weighted by Crippen LogP contribution is -2.59. The van der Waals surface area contributed by atoms with Crippen LogP contribution in [-0.4, -0.2) is 35.2 Å². The number of nitrogens with zero attached hydrogens (tertiary/aromatic N) is 1. The van der Waals surface area contributed by atoms with Crippen molar-refractivity contribution in [3.8, 4) is 0 Å². The lowest BCUT2D eigenvalue weighted by atomic mass is 10.1. The summed E-state index contributed by atoms with van der Waals surface area (Å²) in [5, 5.41) is 2.09. The Morgan fingerprint density at radius 3 is 2.80 bits per heavy atom. The number of piperazine rings is 1. The molecule has 0 bridgehead atoms. The first-order valence-corrected chi connectivity index (χ1v) is 6.42. The van der Waals surface area contributed by atoms with Crippen LogP contribution >= 0.6 is 11.6 Å². The van der Waals surface area contributed by atoms with E-state index in [1.54, 1.807) is 6.92 Å². The van der Waals surface area contributed by atoms with E-state index in [0.29, 0.717) is 6.42 Å². The molecule has 1 unspecified atom stereocenters. The number of nitrogens with one attached hydrogen (secondary N) is 1. The summed E-state index contributed by atoms with van der Waals surface area (Å²) in [6, 6.07) is 3.05. The zero-order valence-corrected chi connectivity index (χ0v) is 11.4. The van der Waals surface area contributed by atoms with Crippen LogP contribution in [0.2, 0.25) is 5.02 Å². The number of rotatable bonds is 2. The first kappa shape index (κ1) is 14.5. The molecule has 1 saturated heterocycles. The number of benzene rings is 1. The molecule has 2 rings (SSSR count). The van der Waals surface area contributed by atoms with Gasteiger partial charge >= 0.3 is 0 Å². The summed E-state index contributed by atoms with van der Waals surface area (Å²) < 4.78 is 13.8. The molecular formula is C13H12ClFN2O3. The van der Waals surface area contributed by atoms with E-state index < -0.39 is 29.6 Å². The largest absolute Gasteiger partial charge is 0.317 e. The van der Waals surface area contributed by atoms with Gasteiger partial charge in [0, 0.05) is 0 Å². The maximum Gasteiger partial charge on any atom is 0.259 e. The minimum absolute atomic E-state index is 0.0525. The van der Waals surface area contributed by atoms with Crippen molar-refractivity contribution in [1.82, 2.24) is 10.2 Å². The Hall–Kier alpha value is -1.95. The molecular weight excluding hydrogens is 287 g/mol. The Morgan fingerprint density at radius 1 is 1.50 bits per heavy atom. The molecule has 20 heavy (non-hydrogen) atoms. The Kier molecular flexibility index (Phi) is 4.04. The number of carbonyl (C=O) groups excluding carboxylic acids is 3. The molecule has 1 aromatic rings. The predicted octanol–water partition coefficient (Wildman–Crippen LogP) is 1.36. The van der Waals surface area contributed by atoms with Crippen LogP contribution in [0, 0.1) is 5.82 Å². The molecule has 0 aromatic heterocycles. The van der Waals surface area contributed by atoms with Gasteiger partial charge in [0.15, 0.2) is 0 Å². The van der Waals surface area contributed by atoms with Crippen LogP contribution in [0.25, 0.3) is 0 Å². The van der Waals surface area contributed by atoms with E-state index in [4.69, 9.17) is 11.6 Å². The van der Waals surface area contributed by atoms with Gasteiger partial charge in [-0.25, -0.2) is 4.39 Å². The third-order valence-corrected chi connectivity index (χ3v) is 3.39. The maximum absolute atomic E-state index is 13.8. The number of hydrogen-bond donors (Lipinski definition) is 1. The fraction of sp³-hybridized carbons (Fsp3) is 0.308. The summed E-state index contributed by atoms with van der Waals surface area (Å²) in [6.45, 7) is 1.40. The van der Waals surface area contributed by atoms with Crippen LogP contribution in [-0.2, 0) is 9.59 Å². The fourth-order valence-electron chi connectivity index (χ4n) is 2.13. The van der Waals surface area contributed by atoms with Crippen LogP contribution in [0.1, 0.15) is 23.7 Å². The second-order valence-electron chi connectivity index (χ2n) is 4.37. The second-order valence-corrected chi connectivity index (χ2v) is 4.77. The van der Waals surface area contributed by atoms with Crippen molar-refractivity contribution < 1.29 is 18.8 Å². The Morgan fingerprint density at radius 2 is 2.20 bits per heavy atom. The molecule has 1 aliphatic rings. The van der Waals surface area contributed by atoms with Crippen molar-refractivity contribution in [3.05, 3.63) is 34.6 Å². The van der Waals surface area contributed by atoms with E-state index in [2.05, 4.69) is 5.32 Å². The van der Waals surface area contributed by atoms with Crippen molar-refractivity contribution >= 4 is 29.3 Å². The molecule has 1 aromatic carbocycles. The monoisotopic (exact) mass is 298 g/mol. The van der Waals surface area contributed by atoms with Crippen molar-refractivity contribution in [3.63, 3.8) is 0 Å². The van der Waals surface area contributed by atoms with Gasteiger partial charge in [0.05, 0.1) is 10.6 Å². The molecule has 0 spiro atoms. The van der Waals surface area contributed by atoms with E-state index in [1.165, 1.54) is 12.1 Å². The number of halogens is 2. The number of hydrogen-bond acceptors (Lipinski definition) is 3. The smallest absolute Gasteiger partial charge is 0.259 e. The van der Waals surface area contributed by atoms with Crippen LogP contribution in [0.5, 0.6) is 0 Å². The second kappa shape index (κ2) is 5.58. The van der Waals surface area contributed by atoms with E-state index in [0.717, 1.165) is 11.0 Å². The minimum Gasteiger partial charge on any atom is -0.317 e. The summed E-state index contributed by atoms with van der Waals surface area (Å²) in [5.41, 5.74) is -0.324. The molecule has 7 heteroatoms. The summed E-state index contributed by atoms with van der Waals surface area (Å²) in [7, 11) is 0. The van der Waals surface area contributed by atoms with Gasteiger partial charge in [-0.05, 0) is 18.6 Å². The molecule has 0 aliphatic carbocycles. The third-order valence-electron chi connectivity index (χ3n) is 3.08. The molecule has 1 fully saturated rings. The van der Waals surface area contributed by atoms with Gasteiger partial charge in [0.2, 0.25) is 11.8 Å². The molecule has 1 heterocycles. The Labute approximate surface area is 119 Å². The van der Waals surface area contributed by atoms with Crippen molar-refractivity contribution in [2.75, 3.05) is 6.54 Å². The Bertz CT molecular complexity index is 571. The van der Waals surface area contributed by atoms with Gasteiger partial charge in [-0.2, -0.15) is 0 Å². The highest BCUT2D eigenvalue weighted by Crippen LogP contribution is 2.23. The van der Waals surface area contributed by atoms with Gasteiger partial charge in [-0.3, -0.25) is 19.7 Å². The van der Waals surface area contributed by atoms with Crippen molar-refractivity contribution in [2.45, 2.75) is 19.4 Å². The fourth-order valence-corrected chi connectivity index (χ4v) is 2.38. The lowest BCUT2D eigenvalue weighted by Gasteiger charge is -2.33. The summed E-state index contributed by atoms with van der Waals surface area (Å²) in [4.78, 5) is 36.5. The Balaban J connectivity index is 2.40. The first-order chi connectivity index (χ1) is 9.45. The lowest BCUT2D eigenvalue weighted by molar-refractivity contribution is -0.138. The van der Waals surface area contributed by atoms with Gasteiger partial charge in [0.1, 0.15) is 18.4 Å². The standard InChI is InChI=1S/C13H12ClFN2O3/c1-2-9-12(19)16-10(18)6-17(9)13(20)11-7(14)4-3-5-8(11)15/h3-5,9H,2,6H2,1H3,(H,16,18,19). The number of amides is 3. The molecule has 3 amide bonds. The van der Waals surface area contributed by atoms with E-state index in [9.17, 15) is 18.8 Å². The molecule has 106 valence electrons. The number of carbonyl (C=O) groups is 3. The van der Waals surface area contributed by atoms with E-state index in [1.807, 2.05) is 0 Å². The molecule has 0 radical (unpaired) electrons. The normalized spacial score (nSPS) is 18.9. The molecule has 1 atom stereocenters. The highest BCUT2D eigenvalue weighted by atomic mass is 35.5. The van der Waals surface area contributed by atoms with Crippen molar-refractivity contribution in [2.24, 2.45) is 0 Å². The highest BCUT2D eigenvalue weighted by molar-refractivity contribution is 6.34. The maximum atomic E-state index is 13.8. The zero-order chi connectivity index (χ0) is 14.9. The van der Waals surface area contributed by atoms with Crippen LogP contribution in [0.15, 0.2) is 18.2 Å². The van der Waals surface area contributed by atoms with Crippen LogP contribution in [0.3, 0.4) is 0 Å². The van der Waals surface area contributed by atoms with Gasteiger partial charge < -0.3 is 4.90 Å².